The Labute approximate surface area is 96.2 Å². The number of nitrogens with zero attached hydrogens (tertiary/aromatic N) is 2. The van der Waals surface area contributed by atoms with Crippen molar-refractivity contribution in [3.05, 3.63) is 17.0 Å². The minimum Gasteiger partial charge on any atom is -0.370 e. The molecule has 0 aliphatic rings. The summed E-state index contributed by atoms with van der Waals surface area (Å²) < 4.78 is 0. The summed E-state index contributed by atoms with van der Waals surface area (Å²) >= 11 is 5.57. The fourth-order valence-electron chi connectivity index (χ4n) is 0.948. The molecule has 0 aliphatic heterocycles. The van der Waals surface area contributed by atoms with Crippen molar-refractivity contribution in [3.63, 3.8) is 0 Å². The Hall–Kier alpha value is -1.89. The Kier molecular flexibility index (Phi) is 4.01. The molecule has 0 fully saturated rings. The van der Waals surface area contributed by atoms with Crippen molar-refractivity contribution in [2.75, 3.05) is 11.9 Å². The van der Waals surface area contributed by atoms with Crippen LogP contribution in [0.2, 0.25) is 5.28 Å². The SMILES string of the molecule is NC(=O)CCNc1cc(C(N)=O)nc(Cl)n1. The number of carbonyl (C=O) groups excluding carboxylic acids is 2. The lowest BCUT2D eigenvalue weighted by molar-refractivity contribution is -0.117. The van der Waals surface area contributed by atoms with Gasteiger partial charge in [0.05, 0.1) is 0 Å². The number of halogens is 1. The van der Waals surface area contributed by atoms with Crippen LogP contribution in [0.5, 0.6) is 0 Å². The summed E-state index contributed by atoms with van der Waals surface area (Å²) in [5.74, 6) is -0.833. The molecule has 1 rings (SSSR count). The Morgan fingerprint density at radius 3 is 2.62 bits per heavy atom. The molecule has 7 nitrogen and oxygen atoms in total. The van der Waals surface area contributed by atoms with Crippen molar-refractivity contribution in [1.29, 1.82) is 0 Å². The topological polar surface area (TPSA) is 124 Å². The highest BCUT2D eigenvalue weighted by atomic mass is 35.5. The molecule has 0 unspecified atom stereocenters. The van der Waals surface area contributed by atoms with Crippen LogP contribution in [-0.4, -0.2) is 28.3 Å². The maximum absolute atomic E-state index is 10.9. The van der Waals surface area contributed by atoms with E-state index in [0.717, 1.165) is 0 Å². The molecule has 0 spiro atoms. The Morgan fingerprint density at radius 2 is 2.06 bits per heavy atom. The van der Waals surface area contributed by atoms with Crippen molar-refractivity contribution in [2.24, 2.45) is 11.5 Å². The summed E-state index contributed by atoms with van der Waals surface area (Å²) in [5, 5.41) is 2.67. The van der Waals surface area contributed by atoms with E-state index < -0.39 is 11.8 Å². The van der Waals surface area contributed by atoms with E-state index >= 15 is 0 Å². The van der Waals surface area contributed by atoms with E-state index in [4.69, 9.17) is 23.1 Å². The van der Waals surface area contributed by atoms with Gasteiger partial charge in [0, 0.05) is 19.0 Å². The maximum atomic E-state index is 10.9. The van der Waals surface area contributed by atoms with Gasteiger partial charge in [-0.2, -0.15) is 0 Å². The Bertz CT molecular complexity index is 423. The number of aromatic nitrogens is 2. The van der Waals surface area contributed by atoms with Crippen molar-refractivity contribution >= 4 is 29.2 Å². The molecular formula is C8H10ClN5O2. The molecule has 0 aliphatic carbocycles. The van der Waals surface area contributed by atoms with E-state index in [1.165, 1.54) is 6.07 Å². The first-order valence-electron chi connectivity index (χ1n) is 4.35. The van der Waals surface area contributed by atoms with E-state index in [1.807, 2.05) is 0 Å². The number of rotatable bonds is 5. The third kappa shape index (κ3) is 3.70. The van der Waals surface area contributed by atoms with E-state index in [1.54, 1.807) is 0 Å². The average Bonchev–Trinajstić information content (AvgIpc) is 2.16. The van der Waals surface area contributed by atoms with Gasteiger partial charge in [0.15, 0.2) is 0 Å². The van der Waals surface area contributed by atoms with Gasteiger partial charge < -0.3 is 16.8 Å². The van der Waals surface area contributed by atoms with Crippen molar-refractivity contribution in [1.82, 2.24) is 9.97 Å². The van der Waals surface area contributed by atoms with Gasteiger partial charge in [-0.3, -0.25) is 9.59 Å². The predicted molar refractivity (Wildman–Crippen MR) is 57.9 cm³/mol. The second kappa shape index (κ2) is 5.26. The van der Waals surface area contributed by atoms with Crippen LogP contribution in [0.4, 0.5) is 5.82 Å². The van der Waals surface area contributed by atoms with Gasteiger partial charge in [0.1, 0.15) is 11.5 Å². The number of nitrogens with one attached hydrogen (secondary N) is 1. The molecule has 2 amide bonds. The molecule has 1 aromatic rings. The van der Waals surface area contributed by atoms with Crippen molar-refractivity contribution < 1.29 is 9.59 Å². The number of hydrogen-bond donors (Lipinski definition) is 3. The normalized spacial score (nSPS) is 9.81. The standard InChI is InChI=1S/C8H10ClN5O2/c9-8-13-4(7(11)16)3-6(14-8)12-2-1-5(10)15/h3H,1-2H2,(H2,10,15)(H2,11,16)(H,12,13,14). The summed E-state index contributed by atoms with van der Waals surface area (Å²) in [6, 6.07) is 1.34. The minimum atomic E-state index is -0.706. The molecule has 8 heteroatoms. The summed E-state index contributed by atoms with van der Waals surface area (Å²) in [6.07, 6.45) is 0.146. The van der Waals surface area contributed by atoms with Crippen LogP contribution in [0.1, 0.15) is 16.9 Å². The summed E-state index contributed by atoms with van der Waals surface area (Å²) in [4.78, 5) is 28.8. The first kappa shape index (κ1) is 12.2. The molecule has 86 valence electrons. The highest BCUT2D eigenvalue weighted by Crippen LogP contribution is 2.09. The van der Waals surface area contributed by atoms with Crippen LogP contribution in [0, 0.1) is 0 Å². The number of amides is 2. The summed E-state index contributed by atoms with van der Waals surface area (Å²) in [6.45, 7) is 0.293. The van der Waals surface area contributed by atoms with Crippen LogP contribution < -0.4 is 16.8 Å². The zero-order chi connectivity index (χ0) is 12.1. The Balaban J connectivity index is 2.72. The number of hydrogen-bond acceptors (Lipinski definition) is 5. The van der Waals surface area contributed by atoms with Gasteiger partial charge in [-0.1, -0.05) is 0 Å². The van der Waals surface area contributed by atoms with E-state index in [9.17, 15) is 9.59 Å². The molecule has 0 radical (unpaired) electrons. The van der Waals surface area contributed by atoms with Gasteiger partial charge in [0.2, 0.25) is 11.2 Å². The van der Waals surface area contributed by atoms with Crippen molar-refractivity contribution in [2.45, 2.75) is 6.42 Å². The molecule has 1 aromatic heterocycles. The van der Waals surface area contributed by atoms with E-state index in [-0.39, 0.29) is 17.4 Å². The largest absolute Gasteiger partial charge is 0.370 e. The predicted octanol–water partition coefficient (Wildman–Crippen LogP) is -0.484. The minimum absolute atomic E-state index is 0.00146. The zero-order valence-corrected chi connectivity index (χ0v) is 8.99. The van der Waals surface area contributed by atoms with Crippen LogP contribution in [0.25, 0.3) is 0 Å². The van der Waals surface area contributed by atoms with Crippen LogP contribution in [-0.2, 0) is 4.79 Å². The second-order valence-corrected chi connectivity index (χ2v) is 3.25. The number of nitrogens with two attached hydrogens (primary N) is 2. The molecule has 0 bridgehead atoms. The van der Waals surface area contributed by atoms with E-state index in [2.05, 4.69) is 15.3 Å². The highest BCUT2D eigenvalue weighted by molar-refractivity contribution is 6.28. The van der Waals surface area contributed by atoms with Crippen LogP contribution in [0.15, 0.2) is 6.07 Å². The second-order valence-electron chi connectivity index (χ2n) is 2.91. The smallest absolute Gasteiger partial charge is 0.267 e. The van der Waals surface area contributed by atoms with Crippen LogP contribution >= 0.6 is 11.6 Å². The fraction of sp³-hybridized carbons (Fsp3) is 0.250. The molecule has 0 aromatic carbocycles. The molecule has 0 atom stereocenters. The third-order valence-electron chi connectivity index (χ3n) is 1.63. The monoisotopic (exact) mass is 243 g/mol. The van der Waals surface area contributed by atoms with Gasteiger partial charge in [0.25, 0.3) is 5.91 Å². The molecule has 0 saturated carbocycles. The van der Waals surface area contributed by atoms with Gasteiger partial charge >= 0.3 is 0 Å². The molecule has 5 N–H and O–H groups in total. The lowest BCUT2D eigenvalue weighted by atomic mass is 10.3. The number of anilines is 1. The van der Waals surface area contributed by atoms with Gasteiger partial charge in [-0.15, -0.1) is 0 Å². The number of primary amides is 2. The lowest BCUT2D eigenvalue weighted by Crippen LogP contribution is -2.18. The molecule has 16 heavy (non-hydrogen) atoms. The van der Waals surface area contributed by atoms with Gasteiger partial charge in [-0.05, 0) is 11.6 Å². The van der Waals surface area contributed by atoms with Crippen LogP contribution in [0.3, 0.4) is 0 Å². The lowest BCUT2D eigenvalue weighted by Gasteiger charge is -2.05. The van der Waals surface area contributed by atoms with E-state index in [0.29, 0.717) is 12.4 Å². The Morgan fingerprint density at radius 1 is 1.38 bits per heavy atom. The molecular weight excluding hydrogens is 234 g/mol. The molecule has 0 saturated heterocycles. The molecule has 1 heterocycles. The number of carbonyl (C=O) groups is 2. The van der Waals surface area contributed by atoms with Gasteiger partial charge in [-0.25, -0.2) is 9.97 Å². The quantitative estimate of drug-likeness (QED) is 0.602. The fourth-order valence-corrected chi connectivity index (χ4v) is 1.13. The zero-order valence-electron chi connectivity index (χ0n) is 8.24. The third-order valence-corrected chi connectivity index (χ3v) is 1.80. The maximum Gasteiger partial charge on any atom is 0.267 e. The highest BCUT2D eigenvalue weighted by Gasteiger charge is 2.07. The first-order valence-corrected chi connectivity index (χ1v) is 4.73. The first-order chi connectivity index (χ1) is 7.49. The van der Waals surface area contributed by atoms with Crippen molar-refractivity contribution in [3.8, 4) is 0 Å². The average molecular weight is 244 g/mol. The summed E-state index contributed by atoms with van der Waals surface area (Å²) in [5.41, 5.74) is 9.99. The summed E-state index contributed by atoms with van der Waals surface area (Å²) in [7, 11) is 0.